The zero-order valence-electron chi connectivity index (χ0n) is 12.5. The van der Waals surface area contributed by atoms with E-state index >= 15 is 0 Å². The highest BCUT2D eigenvalue weighted by Crippen LogP contribution is 2.19. The van der Waals surface area contributed by atoms with Crippen molar-refractivity contribution in [3.8, 4) is 0 Å². The third-order valence-electron chi connectivity index (χ3n) is 3.35. The molecule has 3 amide bonds. The van der Waals surface area contributed by atoms with Crippen LogP contribution in [0.1, 0.15) is 53.4 Å². The molecule has 1 aliphatic rings. The summed E-state index contributed by atoms with van der Waals surface area (Å²) in [5.74, 6) is 0.154. The summed E-state index contributed by atoms with van der Waals surface area (Å²) in [5, 5.41) is 8.87. The Hall–Kier alpha value is -1.26. The zero-order valence-corrected chi connectivity index (χ0v) is 12.5. The average molecular weight is 269 g/mol. The van der Waals surface area contributed by atoms with Gasteiger partial charge in [-0.15, -0.1) is 0 Å². The molecule has 0 saturated heterocycles. The van der Waals surface area contributed by atoms with Gasteiger partial charge in [0.05, 0.1) is 0 Å². The van der Waals surface area contributed by atoms with Gasteiger partial charge >= 0.3 is 6.03 Å². The normalized spacial score (nSPS) is 23.3. The number of carbonyl (C=O) groups is 2. The number of amides is 3. The molecule has 0 unspecified atom stereocenters. The fourth-order valence-electron chi connectivity index (χ4n) is 2.24. The summed E-state index contributed by atoms with van der Waals surface area (Å²) < 4.78 is 0. The molecule has 0 radical (unpaired) electrons. The maximum absolute atomic E-state index is 11.6. The summed E-state index contributed by atoms with van der Waals surface area (Å²) in [4.78, 5) is 23.2. The molecule has 0 heterocycles. The molecule has 0 atom stereocenters. The SMILES string of the molecule is CC(C)NC(=O)NC1CCC(NC(=O)C(C)C)CC1. The Bertz CT molecular complexity index is 308. The van der Waals surface area contributed by atoms with Crippen molar-refractivity contribution in [2.75, 3.05) is 0 Å². The van der Waals surface area contributed by atoms with Gasteiger partial charge in [-0.2, -0.15) is 0 Å². The van der Waals surface area contributed by atoms with Gasteiger partial charge in [-0.1, -0.05) is 13.8 Å². The largest absolute Gasteiger partial charge is 0.353 e. The predicted octanol–water partition coefficient (Wildman–Crippen LogP) is 1.78. The van der Waals surface area contributed by atoms with Gasteiger partial charge in [-0.3, -0.25) is 4.79 Å². The molecule has 1 rings (SSSR count). The molecule has 110 valence electrons. The van der Waals surface area contributed by atoms with E-state index in [1.165, 1.54) is 0 Å². The van der Waals surface area contributed by atoms with Crippen LogP contribution in [0.25, 0.3) is 0 Å². The van der Waals surface area contributed by atoms with Crippen molar-refractivity contribution in [2.45, 2.75) is 71.5 Å². The van der Waals surface area contributed by atoms with Crippen LogP contribution in [0.2, 0.25) is 0 Å². The summed E-state index contributed by atoms with van der Waals surface area (Å²) in [6.07, 6.45) is 3.72. The third kappa shape index (κ3) is 5.94. The Kier molecular flexibility index (Phi) is 6.12. The molecule has 3 N–H and O–H groups in total. The molecule has 0 aliphatic heterocycles. The van der Waals surface area contributed by atoms with E-state index in [2.05, 4.69) is 16.0 Å². The van der Waals surface area contributed by atoms with Crippen LogP contribution in [-0.2, 0) is 4.79 Å². The van der Waals surface area contributed by atoms with Crippen molar-refractivity contribution in [3.63, 3.8) is 0 Å². The van der Waals surface area contributed by atoms with E-state index in [1.54, 1.807) is 0 Å². The first-order valence-corrected chi connectivity index (χ1v) is 7.26. The molecule has 5 nitrogen and oxygen atoms in total. The van der Waals surface area contributed by atoms with Crippen molar-refractivity contribution in [1.29, 1.82) is 0 Å². The van der Waals surface area contributed by atoms with E-state index in [4.69, 9.17) is 0 Å². The lowest BCUT2D eigenvalue weighted by atomic mass is 9.91. The molecule has 0 aromatic rings. The van der Waals surface area contributed by atoms with Crippen molar-refractivity contribution in [2.24, 2.45) is 5.92 Å². The van der Waals surface area contributed by atoms with Crippen LogP contribution in [-0.4, -0.2) is 30.1 Å². The lowest BCUT2D eigenvalue weighted by Gasteiger charge is -2.30. The topological polar surface area (TPSA) is 70.2 Å². The van der Waals surface area contributed by atoms with E-state index in [0.29, 0.717) is 0 Å². The van der Waals surface area contributed by atoms with Crippen LogP contribution in [0.15, 0.2) is 0 Å². The Morgan fingerprint density at radius 1 is 0.895 bits per heavy atom. The number of carbonyl (C=O) groups excluding carboxylic acids is 2. The highest BCUT2D eigenvalue weighted by atomic mass is 16.2. The Labute approximate surface area is 115 Å². The second-order valence-electron chi connectivity index (χ2n) is 5.98. The first-order chi connectivity index (χ1) is 8.88. The molecule has 0 aromatic carbocycles. The molecule has 1 aliphatic carbocycles. The highest BCUT2D eigenvalue weighted by molar-refractivity contribution is 5.78. The number of nitrogens with one attached hydrogen (secondary N) is 3. The molecule has 19 heavy (non-hydrogen) atoms. The van der Waals surface area contributed by atoms with E-state index in [9.17, 15) is 9.59 Å². The minimum absolute atomic E-state index is 0.0349. The van der Waals surface area contributed by atoms with E-state index in [1.807, 2.05) is 27.7 Å². The first-order valence-electron chi connectivity index (χ1n) is 7.26. The monoisotopic (exact) mass is 269 g/mol. The van der Waals surface area contributed by atoms with Gasteiger partial charge < -0.3 is 16.0 Å². The van der Waals surface area contributed by atoms with Crippen molar-refractivity contribution in [1.82, 2.24) is 16.0 Å². The van der Waals surface area contributed by atoms with E-state index in [-0.39, 0.29) is 36.0 Å². The van der Waals surface area contributed by atoms with Crippen LogP contribution in [0.3, 0.4) is 0 Å². The number of hydrogen-bond donors (Lipinski definition) is 3. The molecule has 0 aromatic heterocycles. The van der Waals surface area contributed by atoms with E-state index in [0.717, 1.165) is 25.7 Å². The van der Waals surface area contributed by atoms with Crippen LogP contribution < -0.4 is 16.0 Å². The molecular formula is C14H27N3O2. The van der Waals surface area contributed by atoms with Crippen LogP contribution in [0.4, 0.5) is 4.79 Å². The first kappa shape index (κ1) is 15.8. The van der Waals surface area contributed by atoms with Gasteiger partial charge in [-0.05, 0) is 39.5 Å². The smallest absolute Gasteiger partial charge is 0.315 e. The van der Waals surface area contributed by atoms with Gasteiger partial charge in [0.25, 0.3) is 0 Å². The summed E-state index contributed by atoms with van der Waals surface area (Å²) in [5.41, 5.74) is 0. The Balaban J connectivity index is 2.25. The highest BCUT2D eigenvalue weighted by Gasteiger charge is 2.24. The van der Waals surface area contributed by atoms with Crippen LogP contribution >= 0.6 is 0 Å². The maximum Gasteiger partial charge on any atom is 0.315 e. The molecular weight excluding hydrogens is 242 g/mol. The minimum Gasteiger partial charge on any atom is -0.353 e. The summed E-state index contributed by atoms with van der Waals surface area (Å²) in [7, 11) is 0. The van der Waals surface area contributed by atoms with Crippen molar-refractivity contribution >= 4 is 11.9 Å². The Morgan fingerprint density at radius 3 is 1.79 bits per heavy atom. The molecule has 0 spiro atoms. The van der Waals surface area contributed by atoms with Crippen molar-refractivity contribution in [3.05, 3.63) is 0 Å². The molecule has 1 fully saturated rings. The van der Waals surface area contributed by atoms with Gasteiger partial charge in [-0.25, -0.2) is 4.79 Å². The lowest BCUT2D eigenvalue weighted by molar-refractivity contribution is -0.124. The van der Waals surface area contributed by atoms with Crippen LogP contribution in [0.5, 0.6) is 0 Å². The molecule has 5 heteroatoms. The van der Waals surface area contributed by atoms with E-state index < -0.39 is 0 Å². The third-order valence-corrected chi connectivity index (χ3v) is 3.35. The number of rotatable bonds is 4. The Morgan fingerprint density at radius 2 is 1.37 bits per heavy atom. The van der Waals surface area contributed by atoms with Gasteiger partial charge in [0.1, 0.15) is 0 Å². The summed E-state index contributed by atoms with van der Waals surface area (Å²) in [6, 6.07) is 0.554. The predicted molar refractivity (Wildman–Crippen MR) is 75.8 cm³/mol. The average Bonchev–Trinajstić information content (AvgIpc) is 2.30. The molecule has 0 bridgehead atoms. The number of urea groups is 1. The maximum atomic E-state index is 11.6. The molecule has 1 saturated carbocycles. The fourth-order valence-corrected chi connectivity index (χ4v) is 2.24. The standard InChI is InChI=1S/C14H27N3O2/c1-9(2)13(18)16-11-5-7-12(8-6-11)17-14(19)15-10(3)4/h9-12H,5-8H2,1-4H3,(H,16,18)(H2,15,17,19). The van der Waals surface area contributed by atoms with Gasteiger partial charge in [0, 0.05) is 24.0 Å². The lowest BCUT2D eigenvalue weighted by Crippen LogP contribution is -2.48. The summed E-state index contributed by atoms with van der Waals surface area (Å²) in [6.45, 7) is 7.69. The fraction of sp³-hybridized carbons (Fsp3) is 0.857. The minimum atomic E-state index is -0.0929. The van der Waals surface area contributed by atoms with Gasteiger partial charge in [0.15, 0.2) is 0 Å². The second-order valence-corrected chi connectivity index (χ2v) is 5.98. The van der Waals surface area contributed by atoms with Gasteiger partial charge in [0.2, 0.25) is 5.91 Å². The quantitative estimate of drug-likeness (QED) is 0.728. The zero-order chi connectivity index (χ0) is 14.4. The number of hydrogen-bond acceptors (Lipinski definition) is 2. The second kappa shape index (κ2) is 7.36. The van der Waals surface area contributed by atoms with Crippen molar-refractivity contribution < 1.29 is 9.59 Å². The van der Waals surface area contributed by atoms with Crippen LogP contribution in [0, 0.1) is 5.92 Å². The summed E-state index contributed by atoms with van der Waals surface area (Å²) >= 11 is 0.